The van der Waals surface area contributed by atoms with Gasteiger partial charge in [-0.25, -0.2) is 0 Å². The molecule has 1 rings (SSSR count). The Labute approximate surface area is 98.9 Å². The number of nitrogens with zero attached hydrogens (tertiary/aromatic N) is 1. The molecule has 0 saturated heterocycles. The van der Waals surface area contributed by atoms with E-state index in [4.69, 9.17) is 0 Å². The van der Waals surface area contributed by atoms with Gasteiger partial charge < -0.3 is 10.0 Å². The average molecular weight is 221 g/mol. The van der Waals surface area contributed by atoms with Crippen molar-refractivity contribution < 1.29 is 5.11 Å². The van der Waals surface area contributed by atoms with Gasteiger partial charge in [0.1, 0.15) is 5.75 Å². The summed E-state index contributed by atoms with van der Waals surface area (Å²) >= 11 is 0. The normalized spacial score (nSPS) is 13.0. The number of phenols is 1. The molecular formula is C14H23NO. The van der Waals surface area contributed by atoms with Crippen molar-refractivity contribution in [3.8, 4) is 5.75 Å². The number of rotatable bonds is 6. The molecule has 1 aromatic rings. The lowest BCUT2D eigenvalue weighted by Gasteiger charge is -2.27. The Morgan fingerprint density at radius 1 is 1.19 bits per heavy atom. The summed E-state index contributed by atoms with van der Waals surface area (Å²) in [6, 6.07) is 8.10. The fourth-order valence-electron chi connectivity index (χ4n) is 2.08. The van der Waals surface area contributed by atoms with E-state index in [2.05, 4.69) is 25.7 Å². The summed E-state index contributed by atoms with van der Waals surface area (Å²) in [5.74, 6) is 0.345. The monoisotopic (exact) mass is 221 g/mol. The predicted molar refractivity (Wildman–Crippen MR) is 68.8 cm³/mol. The van der Waals surface area contributed by atoms with Crippen molar-refractivity contribution in [2.24, 2.45) is 0 Å². The summed E-state index contributed by atoms with van der Waals surface area (Å²) in [6.07, 6.45) is 2.25. The first kappa shape index (κ1) is 13.0. The van der Waals surface area contributed by atoms with Gasteiger partial charge in [-0.2, -0.15) is 0 Å². The third-order valence-corrected chi connectivity index (χ3v) is 3.01. The summed E-state index contributed by atoms with van der Waals surface area (Å²) in [5, 5.41) is 9.22. The van der Waals surface area contributed by atoms with Crippen molar-refractivity contribution >= 4 is 0 Å². The highest BCUT2D eigenvalue weighted by Crippen LogP contribution is 2.13. The molecule has 1 N–H and O–H groups in total. The molecule has 16 heavy (non-hydrogen) atoms. The third-order valence-electron chi connectivity index (χ3n) is 3.01. The molecule has 0 bridgehead atoms. The molecule has 0 aliphatic rings. The molecule has 1 atom stereocenters. The second-order valence-corrected chi connectivity index (χ2v) is 4.35. The highest BCUT2D eigenvalue weighted by atomic mass is 16.3. The summed E-state index contributed by atoms with van der Waals surface area (Å²) in [5.41, 5.74) is 1.29. The van der Waals surface area contributed by atoms with Crippen LogP contribution in [0.15, 0.2) is 24.3 Å². The molecule has 90 valence electrons. The molecule has 0 fully saturated rings. The number of phenolic OH excluding ortho intramolecular Hbond substituents is 1. The van der Waals surface area contributed by atoms with Gasteiger partial charge in [-0.15, -0.1) is 0 Å². The molecule has 0 spiro atoms. The maximum atomic E-state index is 9.22. The van der Waals surface area contributed by atoms with E-state index < -0.39 is 0 Å². The van der Waals surface area contributed by atoms with Gasteiger partial charge >= 0.3 is 0 Å². The first-order chi connectivity index (χ1) is 7.67. The lowest BCUT2D eigenvalue weighted by atomic mass is 10.1. The lowest BCUT2D eigenvalue weighted by Crippen LogP contribution is -2.35. The number of hydrogen-bond donors (Lipinski definition) is 1. The fraction of sp³-hybridized carbons (Fsp3) is 0.571. The van der Waals surface area contributed by atoms with E-state index in [1.807, 2.05) is 12.1 Å². The van der Waals surface area contributed by atoms with Crippen LogP contribution in [0.5, 0.6) is 5.75 Å². The van der Waals surface area contributed by atoms with Crippen molar-refractivity contribution in [3.63, 3.8) is 0 Å². The van der Waals surface area contributed by atoms with Crippen LogP contribution >= 0.6 is 0 Å². The van der Waals surface area contributed by atoms with Gasteiger partial charge in [-0.3, -0.25) is 0 Å². The van der Waals surface area contributed by atoms with E-state index in [1.54, 1.807) is 12.1 Å². The van der Waals surface area contributed by atoms with Crippen molar-refractivity contribution in [2.45, 2.75) is 39.7 Å². The largest absolute Gasteiger partial charge is 0.508 e. The highest BCUT2D eigenvalue weighted by Gasteiger charge is 2.11. The second kappa shape index (κ2) is 6.54. The van der Waals surface area contributed by atoms with Crippen molar-refractivity contribution in [1.29, 1.82) is 0 Å². The van der Waals surface area contributed by atoms with Crippen LogP contribution in [-0.4, -0.2) is 29.1 Å². The van der Waals surface area contributed by atoms with Crippen LogP contribution in [0.4, 0.5) is 0 Å². The second-order valence-electron chi connectivity index (χ2n) is 4.35. The molecule has 2 heteroatoms. The van der Waals surface area contributed by atoms with Gasteiger partial charge in [0, 0.05) is 6.04 Å². The van der Waals surface area contributed by atoms with E-state index >= 15 is 0 Å². The zero-order valence-electron chi connectivity index (χ0n) is 10.6. The van der Waals surface area contributed by atoms with E-state index in [0.29, 0.717) is 11.8 Å². The molecule has 0 amide bonds. The molecule has 1 unspecified atom stereocenters. The Hall–Kier alpha value is -1.02. The van der Waals surface area contributed by atoms with Crippen molar-refractivity contribution in [2.75, 3.05) is 13.1 Å². The van der Waals surface area contributed by atoms with Gasteiger partial charge in [-0.05, 0) is 50.6 Å². The van der Waals surface area contributed by atoms with Gasteiger partial charge in [0.05, 0.1) is 0 Å². The molecule has 1 aromatic carbocycles. The van der Waals surface area contributed by atoms with Crippen LogP contribution in [0, 0.1) is 0 Å². The fourth-order valence-corrected chi connectivity index (χ4v) is 2.08. The number of aromatic hydroxyl groups is 1. The van der Waals surface area contributed by atoms with E-state index in [-0.39, 0.29) is 0 Å². The molecule has 0 heterocycles. The zero-order chi connectivity index (χ0) is 12.0. The van der Waals surface area contributed by atoms with Crippen molar-refractivity contribution in [3.05, 3.63) is 29.8 Å². The molecule has 0 saturated carbocycles. The maximum absolute atomic E-state index is 9.22. The van der Waals surface area contributed by atoms with Gasteiger partial charge in [-0.1, -0.05) is 26.0 Å². The molecule has 0 aliphatic heterocycles. The molecule has 2 nitrogen and oxygen atoms in total. The van der Waals surface area contributed by atoms with Crippen LogP contribution in [0.3, 0.4) is 0 Å². The Bertz CT molecular complexity index is 294. The van der Waals surface area contributed by atoms with Gasteiger partial charge in [0.25, 0.3) is 0 Å². The Balaban J connectivity index is 2.55. The Kier molecular flexibility index (Phi) is 5.33. The predicted octanol–water partition coefficient (Wildman–Crippen LogP) is 3.06. The molecule has 0 radical (unpaired) electrons. The molecule has 0 aliphatic carbocycles. The van der Waals surface area contributed by atoms with E-state index in [1.165, 1.54) is 12.0 Å². The minimum Gasteiger partial charge on any atom is -0.508 e. The topological polar surface area (TPSA) is 23.5 Å². The van der Waals surface area contributed by atoms with Crippen LogP contribution in [0.1, 0.15) is 32.8 Å². The van der Waals surface area contributed by atoms with Crippen LogP contribution in [-0.2, 0) is 6.42 Å². The number of hydrogen-bond acceptors (Lipinski definition) is 2. The minimum atomic E-state index is 0.345. The van der Waals surface area contributed by atoms with Crippen LogP contribution < -0.4 is 0 Å². The number of likely N-dealkylation sites (N-methyl/N-ethyl adjacent to an activating group) is 1. The third kappa shape index (κ3) is 3.86. The van der Waals surface area contributed by atoms with Crippen LogP contribution in [0.2, 0.25) is 0 Å². The SMILES string of the molecule is CCCN(CC)C(C)Cc1ccc(O)cc1. The van der Waals surface area contributed by atoms with Gasteiger partial charge in [0.15, 0.2) is 0 Å². The molecule has 0 aromatic heterocycles. The Morgan fingerprint density at radius 3 is 2.31 bits per heavy atom. The number of benzene rings is 1. The lowest BCUT2D eigenvalue weighted by molar-refractivity contribution is 0.219. The summed E-state index contributed by atoms with van der Waals surface area (Å²) in [4.78, 5) is 2.49. The van der Waals surface area contributed by atoms with E-state index in [9.17, 15) is 5.11 Å². The summed E-state index contributed by atoms with van der Waals surface area (Å²) < 4.78 is 0. The van der Waals surface area contributed by atoms with Crippen molar-refractivity contribution in [1.82, 2.24) is 4.90 Å². The van der Waals surface area contributed by atoms with E-state index in [0.717, 1.165) is 19.5 Å². The first-order valence-electron chi connectivity index (χ1n) is 6.19. The average Bonchev–Trinajstić information content (AvgIpc) is 2.29. The quantitative estimate of drug-likeness (QED) is 0.798. The van der Waals surface area contributed by atoms with Gasteiger partial charge in [0.2, 0.25) is 0 Å². The minimum absolute atomic E-state index is 0.345. The zero-order valence-corrected chi connectivity index (χ0v) is 10.6. The summed E-state index contributed by atoms with van der Waals surface area (Å²) in [6.45, 7) is 8.97. The Morgan fingerprint density at radius 2 is 1.81 bits per heavy atom. The smallest absolute Gasteiger partial charge is 0.115 e. The first-order valence-corrected chi connectivity index (χ1v) is 6.19. The standard InChI is InChI=1S/C14H23NO/c1-4-10-15(5-2)12(3)11-13-6-8-14(16)9-7-13/h6-9,12,16H,4-5,10-11H2,1-3H3. The maximum Gasteiger partial charge on any atom is 0.115 e. The van der Waals surface area contributed by atoms with Crippen LogP contribution in [0.25, 0.3) is 0 Å². The highest BCUT2D eigenvalue weighted by molar-refractivity contribution is 5.26. The summed E-state index contributed by atoms with van der Waals surface area (Å²) in [7, 11) is 0. The molecular weight excluding hydrogens is 198 g/mol.